The molecule has 0 radical (unpaired) electrons. The molecule has 0 saturated carbocycles. The first-order valence-electron chi connectivity index (χ1n) is 6.10. The summed E-state index contributed by atoms with van der Waals surface area (Å²) < 4.78 is 1.10. The van der Waals surface area contributed by atoms with Crippen LogP contribution in [0.15, 0.2) is 24.3 Å². The monoisotopic (exact) mass is 319 g/mol. The molecule has 1 aromatic carbocycles. The van der Waals surface area contributed by atoms with Crippen LogP contribution in [0.3, 0.4) is 0 Å². The standard InChI is InChI=1S/C11H9ClN8O2/c12-8-3-1-7(2-4-8)11-14-17-20(15-11)5-9-13-16-18-19(9)6-10(21)22/h1-4H,5-6H2,(H,21,22)/p-1. The number of aromatic nitrogens is 8. The Kier molecular flexibility index (Phi) is 3.74. The molecular formula is C11H8ClN8O2-. The lowest BCUT2D eigenvalue weighted by Gasteiger charge is -2.03. The van der Waals surface area contributed by atoms with E-state index >= 15 is 0 Å². The minimum Gasteiger partial charge on any atom is -0.548 e. The first kappa shape index (κ1) is 14.1. The van der Waals surface area contributed by atoms with Gasteiger partial charge in [0.1, 0.15) is 6.54 Å². The predicted molar refractivity (Wildman–Crippen MR) is 70.2 cm³/mol. The molecule has 0 aliphatic rings. The van der Waals surface area contributed by atoms with Gasteiger partial charge in [0, 0.05) is 10.6 Å². The van der Waals surface area contributed by atoms with Gasteiger partial charge in [-0.2, -0.15) is 4.80 Å². The van der Waals surface area contributed by atoms with Gasteiger partial charge in [0.15, 0.2) is 5.82 Å². The third-order valence-electron chi connectivity index (χ3n) is 2.72. The zero-order chi connectivity index (χ0) is 15.5. The van der Waals surface area contributed by atoms with Crippen LogP contribution in [0.5, 0.6) is 0 Å². The quantitative estimate of drug-likeness (QED) is 0.572. The highest BCUT2D eigenvalue weighted by atomic mass is 35.5. The third-order valence-corrected chi connectivity index (χ3v) is 2.98. The molecular weight excluding hydrogens is 312 g/mol. The van der Waals surface area contributed by atoms with Gasteiger partial charge >= 0.3 is 0 Å². The molecule has 0 atom stereocenters. The number of hydrogen-bond acceptors (Lipinski definition) is 8. The number of carbonyl (C=O) groups excluding carboxylic acids is 1. The average molecular weight is 320 g/mol. The predicted octanol–water partition coefficient (Wildman–Crippen LogP) is -1.22. The molecule has 0 N–H and O–H groups in total. The number of benzene rings is 1. The van der Waals surface area contributed by atoms with Crippen molar-refractivity contribution in [3.8, 4) is 11.4 Å². The molecule has 2 heterocycles. The van der Waals surface area contributed by atoms with Gasteiger partial charge in [0.05, 0.1) is 12.5 Å². The van der Waals surface area contributed by atoms with Gasteiger partial charge in [-0.15, -0.1) is 15.3 Å². The zero-order valence-corrected chi connectivity index (χ0v) is 11.8. The fraction of sp³-hybridized carbons (Fsp3) is 0.182. The van der Waals surface area contributed by atoms with Crippen molar-refractivity contribution in [3.63, 3.8) is 0 Å². The number of aliphatic carboxylic acids is 1. The van der Waals surface area contributed by atoms with Crippen LogP contribution in [-0.4, -0.2) is 46.4 Å². The lowest BCUT2D eigenvalue weighted by Crippen LogP contribution is -2.29. The summed E-state index contributed by atoms with van der Waals surface area (Å²) in [5.74, 6) is -0.596. The number of carboxylic acid groups (broad SMARTS) is 1. The minimum atomic E-state index is -1.29. The number of carbonyl (C=O) groups is 1. The fourth-order valence-electron chi connectivity index (χ4n) is 1.73. The summed E-state index contributed by atoms with van der Waals surface area (Å²) >= 11 is 5.82. The maximum atomic E-state index is 10.6. The van der Waals surface area contributed by atoms with E-state index in [2.05, 4.69) is 30.9 Å². The highest BCUT2D eigenvalue weighted by Gasteiger charge is 2.11. The van der Waals surface area contributed by atoms with E-state index in [1.54, 1.807) is 24.3 Å². The Morgan fingerprint density at radius 2 is 1.95 bits per heavy atom. The van der Waals surface area contributed by atoms with E-state index in [9.17, 15) is 9.90 Å². The molecule has 0 saturated heterocycles. The van der Waals surface area contributed by atoms with Crippen LogP contribution in [-0.2, 0) is 17.9 Å². The van der Waals surface area contributed by atoms with Gasteiger partial charge in [-0.05, 0) is 39.9 Å². The van der Waals surface area contributed by atoms with E-state index in [0.717, 1.165) is 10.2 Å². The molecule has 0 aliphatic carbocycles. The van der Waals surface area contributed by atoms with E-state index in [1.165, 1.54) is 4.80 Å². The van der Waals surface area contributed by atoms with Crippen LogP contribution in [0.4, 0.5) is 0 Å². The fourth-order valence-corrected chi connectivity index (χ4v) is 1.86. The van der Waals surface area contributed by atoms with E-state index in [0.29, 0.717) is 10.8 Å². The maximum Gasteiger partial charge on any atom is 0.204 e. The van der Waals surface area contributed by atoms with Gasteiger partial charge in [0.25, 0.3) is 0 Å². The highest BCUT2D eigenvalue weighted by molar-refractivity contribution is 6.30. The second kappa shape index (κ2) is 5.85. The van der Waals surface area contributed by atoms with Gasteiger partial charge in [-0.25, -0.2) is 4.68 Å². The minimum absolute atomic E-state index is 0.0842. The van der Waals surface area contributed by atoms with Crippen LogP contribution in [0.25, 0.3) is 11.4 Å². The molecule has 10 nitrogen and oxygen atoms in total. The smallest absolute Gasteiger partial charge is 0.204 e. The van der Waals surface area contributed by atoms with Crippen molar-refractivity contribution in [1.29, 1.82) is 0 Å². The van der Waals surface area contributed by atoms with E-state index < -0.39 is 12.5 Å². The average Bonchev–Trinajstić information content (AvgIpc) is 3.10. The Morgan fingerprint density at radius 3 is 2.68 bits per heavy atom. The van der Waals surface area contributed by atoms with Gasteiger partial charge in [-0.1, -0.05) is 11.6 Å². The Balaban J connectivity index is 1.79. The van der Waals surface area contributed by atoms with E-state index in [1.807, 2.05) is 0 Å². The summed E-state index contributed by atoms with van der Waals surface area (Å²) in [4.78, 5) is 11.9. The van der Waals surface area contributed by atoms with Crippen molar-refractivity contribution in [2.24, 2.45) is 0 Å². The zero-order valence-electron chi connectivity index (χ0n) is 11.0. The Labute approximate surface area is 128 Å². The summed E-state index contributed by atoms with van der Waals surface area (Å²) in [6.07, 6.45) is 0. The molecule has 2 aromatic heterocycles. The molecule has 22 heavy (non-hydrogen) atoms. The normalized spacial score (nSPS) is 10.8. The van der Waals surface area contributed by atoms with Gasteiger partial charge in [0.2, 0.25) is 5.82 Å². The second-order valence-electron chi connectivity index (χ2n) is 4.28. The summed E-state index contributed by atoms with van der Waals surface area (Å²) in [7, 11) is 0. The molecule has 112 valence electrons. The van der Waals surface area contributed by atoms with Crippen LogP contribution >= 0.6 is 11.6 Å². The first-order chi connectivity index (χ1) is 10.6. The molecule has 3 rings (SSSR count). The van der Waals surface area contributed by atoms with Crippen molar-refractivity contribution in [1.82, 2.24) is 40.4 Å². The lowest BCUT2D eigenvalue weighted by atomic mass is 10.2. The van der Waals surface area contributed by atoms with Crippen LogP contribution in [0, 0.1) is 0 Å². The molecule has 0 unspecified atom stereocenters. The summed E-state index contributed by atoms with van der Waals surface area (Å²) in [5, 5.41) is 33.9. The maximum absolute atomic E-state index is 10.6. The second-order valence-corrected chi connectivity index (χ2v) is 4.71. The third kappa shape index (κ3) is 3.06. The van der Waals surface area contributed by atoms with Crippen molar-refractivity contribution in [2.75, 3.05) is 0 Å². The molecule has 0 fully saturated rings. The highest BCUT2D eigenvalue weighted by Crippen LogP contribution is 2.16. The molecule has 0 bridgehead atoms. The SMILES string of the molecule is O=C([O-])Cn1nnnc1Cn1nnc(-c2ccc(Cl)cc2)n1. The molecule has 0 aliphatic heterocycles. The molecule has 0 amide bonds. The molecule has 0 spiro atoms. The van der Waals surface area contributed by atoms with Crippen LogP contribution in [0.1, 0.15) is 5.82 Å². The van der Waals surface area contributed by atoms with Crippen molar-refractivity contribution >= 4 is 17.6 Å². The Bertz CT molecular complexity index is 797. The summed E-state index contributed by atoms with van der Waals surface area (Å²) in [6.45, 7) is -0.359. The number of rotatable bonds is 5. The topological polar surface area (TPSA) is 127 Å². The largest absolute Gasteiger partial charge is 0.548 e. The molecule has 11 heteroatoms. The van der Waals surface area contributed by atoms with E-state index in [-0.39, 0.29) is 12.4 Å². The number of carboxylic acids is 1. The Hall–Kier alpha value is -2.88. The first-order valence-corrected chi connectivity index (χ1v) is 6.48. The number of hydrogen-bond donors (Lipinski definition) is 0. The van der Waals surface area contributed by atoms with E-state index in [4.69, 9.17) is 11.6 Å². The van der Waals surface area contributed by atoms with Crippen molar-refractivity contribution in [3.05, 3.63) is 35.1 Å². The number of tetrazole rings is 2. The number of halogens is 1. The number of nitrogens with zero attached hydrogens (tertiary/aromatic N) is 8. The van der Waals surface area contributed by atoms with Crippen molar-refractivity contribution in [2.45, 2.75) is 13.1 Å². The summed E-state index contributed by atoms with van der Waals surface area (Å²) in [6, 6.07) is 6.98. The Morgan fingerprint density at radius 1 is 1.18 bits per heavy atom. The summed E-state index contributed by atoms with van der Waals surface area (Å²) in [5.41, 5.74) is 0.755. The van der Waals surface area contributed by atoms with Crippen LogP contribution in [0.2, 0.25) is 5.02 Å². The lowest BCUT2D eigenvalue weighted by molar-refractivity contribution is -0.306. The van der Waals surface area contributed by atoms with Crippen molar-refractivity contribution < 1.29 is 9.90 Å². The van der Waals surface area contributed by atoms with Gasteiger partial charge < -0.3 is 9.90 Å². The van der Waals surface area contributed by atoms with Crippen LogP contribution < -0.4 is 5.11 Å². The molecule has 3 aromatic rings. The van der Waals surface area contributed by atoms with Gasteiger partial charge in [-0.3, -0.25) is 0 Å².